The molecular formula is C16H21ClFN3O3. The molecule has 6 nitrogen and oxygen atoms in total. The second-order valence-electron chi connectivity index (χ2n) is 6.06. The van der Waals surface area contributed by atoms with E-state index >= 15 is 0 Å². The van der Waals surface area contributed by atoms with Gasteiger partial charge in [0, 0.05) is 26.2 Å². The van der Waals surface area contributed by atoms with Crippen LogP contribution in [-0.4, -0.2) is 65.0 Å². The van der Waals surface area contributed by atoms with Crippen LogP contribution in [0, 0.1) is 5.82 Å². The number of benzene rings is 1. The van der Waals surface area contributed by atoms with Crippen molar-refractivity contribution in [2.24, 2.45) is 0 Å². The Labute approximate surface area is 146 Å². The number of aliphatic hydroxyl groups excluding tert-OH is 1. The van der Waals surface area contributed by atoms with Crippen molar-refractivity contribution in [3.05, 3.63) is 35.6 Å². The Morgan fingerprint density at radius 3 is 2.79 bits per heavy atom. The molecule has 0 spiro atoms. The molecular weight excluding hydrogens is 337 g/mol. The Morgan fingerprint density at radius 2 is 2.17 bits per heavy atom. The second-order valence-corrected chi connectivity index (χ2v) is 6.06. The summed E-state index contributed by atoms with van der Waals surface area (Å²) in [5.74, 6) is -0.609. The number of hydrogen-bond donors (Lipinski definition) is 2. The molecule has 2 atom stereocenters. The lowest BCUT2D eigenvalue weighted by Crippen LogP contribution is -2.55. The van der Waals surface area contributed by atoms with E-state index in [2.05, 4.69) is 5.32 Å². The Morgan fingerprint density at radius 1 is 1.38 bits per heavy atom. The summed E-state index contributed by atoms with van der Waals surface area (Å²) in [4.78, 5) is 27.7. The number of piperazine rings is 1. The van der Waals surface area contributed by atoms with E-state index in [9.17, 15) is 19.1 Å². The van der Waals surface area contributed by atoms with E-state index in [0.717, 1.165) is 5.56 Å². The van der Waals surface area contributed by atoms with Crippen LogP contribution < -0.4 is 5.32 Å². The lowest BCUT2D eigenvalue weighted by atomic mass is 10.1. The van der Waals surface area contributed by atoms with Gasteiger partial charge in [-0.3, -0.25) is 9.59 Å². The Hall–Kier alpha value is -1.70. The van der Waals surface area contributed by atoms with Crippen molar-refractivity contribution in [2.75, 3.05) is 26.2 Å². The van der Waals surface area contributed by atoms with Gasteiger partial charge in [-0.25, -0.2) is 4.39 Å². The highest BCUT2D eigenvalue weighted by Gasteiger charge is 2.34. The number of amides is 2. The largest absolute Gasteiger partial charge is 0.392 e. The number of carbonyl (C=O) groups excluding carboxylic acids is 2. The first kappa shape index (κ1) is 18.6. The topological polar surface area (TPSA) is 72.9 Å². The first-order valence-electron chi connectivity index (χ1n) is 7.75. The maximum absolute atomic E-state index is 13.2. The van der Waals surface area contributed by atoms with Crippen molar-refractivity contribution in [1.82, 2.24) is 15.1 Å². The summed E-state index contributed by atoms with van der Waals surface area (Å²) in [6.07, 6.45) is -0.120. The molecule has 1 aromatic carbocycles. The molecule has 2 aliphatic heterocycles. The normalized spacial score (nSPS) is 24.0. The third-order valence-electron chi connectivity index (χ3n) is 4.30. The van der Waals surface area contributed by atoms with Crippen molar-refractivity contribution >= 4 is 24.2 Å². The first-order chi connectivity index (χ1) is 11.0. The minimum Gasteiger partial charge on any atom is -0.392 e. The van der Waals surface area contributed by atoms with Gasteiger partial charge in [0.25, 0.3) is 0 Å². The molecule has 2 unspecified atom stereocenters. The van der Waals surface area contributed by atoms with Crippen LogP contribution in [0.25, 0.3) is 0 Å². The Balaban J connectivity index is 0.00000208. The van der Waals surface area contributed by atoms with Crippen LogP contribution >= 0.6 is 12.4 Å². The SMILES string of the molecule is Cl.O=C1CN(C(=O)C2CC(O)CN2)CCN1Cc1cccc(F)c1. The summed E-state index contributed by atoms with van der Waals surface area (Å²) in [5, 5.41) is 12.5. The van der Waals surface area contributed by atoms with Crippen molar-refractivity contribution < 1.29 is 19.1 Å². The molecule has 24 heavy (non-hydrogen) atoms. The minimum atomic E-state index is -0.506. The van der Waals surface area contributed by atoms with E-state index in [4.69, 9.17) is 0 Å². The monoisotopic (exact) mass is 357 g/mol. The minimum absolute atomic E-state index is 0. The maximum Gasteiger partial charge on any atom is 0.242 e. The Bertz CT molecular complexity index is 616. The molecule has 2 saturated heterocycles. The fraction of sp³-hybridized carbons (Fsp3) is 0.500. The smallest absolute Gasteiger partial charge is 0.242 e. The molecule has 2 N–H and O–H groups in total. The number of carbonyl (C=O) groups is 2. The zero-order valence-electron chi connectivity index (χ0n) is 13.2. The quantitative estimate of drug-likeness (QED) is 0.807. The summed E-state index contributed by atoms with van der Waals surface area (Å²) in [6.45, 7) is 1.66. The average Bonchev–Trinajstić information content (AvgIpc) is 2.95. The summed E-state index contributed by atoms with van der Waals surface area (Å²) in [7, 11) is 0. The highest BCUT2D eigenvalue weighted by atomic mass is 35.5. The van der Waals surface area contributed by atoms with Crippen LogP contribution in [-0.2, 0) is 16.1 Å². The van der Waals surface area contributed by atoms with Crippen molar-refractivity contribution in [3.63, 3.8) is 0 Å². The molecule has 132 valence electrons. The van der Waals surface area contributed by atoms with Gasteiger partial charge in [-0.05, 0) is 24.1 Å². The zero-order chi connectivity index (χ0) is 16.4. The molecule has 0 aromatic heterocycles. The maximum atomic E-state index is 13.2. The van der Waals surface area contributed by atoms with Gasteiger partial charge in [-0.1, -0.05) is 12.1 Å². The van der Waals surface area contributed by atoms with Crippen LogP contribution in [0.3, 0.4) is 0 Å². The molecule has 2 heterocycles. The van der Waals surface area contributed by atoms with Gasteiger partial charge in [-0.15, -0.1) is 12.4 Å². The van der Waals surface area contributed by atoms with E-state index in [1.54, 1.807) is 17.0 Å². The molecule has 1 aromatic rings. The van der Waals surface area contributed by atoms with Gasteiger partial charge in [0.15, 0.2) is 0 Å². The third kappa shape index (κ3) is 4.23. The molecule has 2 amide bonds. The standard InChI is InChI=1S/C16H20FN3O3.ClH/c17-12-3-1-2-11(6-12)9-19-4-5-20(10-15(19)22)16(23)14-7-13(21)8-18-14;/h1-3,6,13-14,18,21H,4-5,7-10H2;1H. The number of β-amino-alcohol motifs (C(OH)–C–C–N with tert-alkyl or cyclic N) is 1. The zero-order valence-corrected chi connectivity index (χ0v) is 14.0. The fourth-order valence-corrected chi connectivity index (χ4v) is 3.05. The van der Waals surface area contributed by atoms with E-state index in [1.165, 1.54) is 17.0 Å². The summed E-state index contributed by atoms with van der Waals surface area (Å²) < 4.78 is 13.2. The number of hydrogen-bond acceptors (Lipinski definition) is 4. The molecule has 8 heteroatoms. The van der Waals surface area contributed by atoms with Crippen LogP contribution in [0.15, 0.2) is 24.3 Å². The molecule has 0 bridgehead atoms. The van der Waals surface area contributed by atoms with Crippen LogP contribution in [0.2, 0.25) is 0 Å². The van der Waals surface area contributed by atoms with Gasteiger partial charge in [-0.2, -0.15) is 0 Å². The van der Waals surface area contributed by atoms with Crippen molar-refractivity contribution in [1.29, 1.82) is 0 Å². The molecule has 2 fully saturated rings. The Kier molecular flexibility index (Phi) is 6.15. The van der Waals surface area contributed by atoms with Gasteiger partial charge in [0.05, 0.1) is 18.7 Å². The molecule has 0 aliphatic carbocycles. The second kappa shape index (κ2) is 7.92. The van der Waals surface area contributed by atoms with Gasteiger partial charge in [0.1, 0.15) is 5.82 Å². The number of halogens is 2. The first-order valence-corrected chi connectivity index (χ1v) is 7.75. The number of nitrogens with one attached hydrogen (secondary N) is 1. The fourth-order valence-electron chi connectivity index (χ4n) is 3.05. The van der Waals surface area contributed by atoms with E-state index in [1.807, 2.05) is 0 Å². The predicted molar refractivity (Wildman–Crippen MR) is 88.1 cm³/mol. The average molecular weight is 358 g/mol. The van der Waals surface area contributed by atoms with Gasteiger partial charge in [0.2, 0.25) is 11.8 Å². The third-order valence-corrected chi connectivity index (χ3v) is 4.30. The highest BCUT2D eigenvalue weighted by molar-refractivity contribution is 5.88. The number of aliphatic hydroxyl groups is 1. The molecule has 2 aliphatic rings. The van der Waals surface area contributed by atoms with E-state index in [-0.39, 0.29) is 36.6 Å². The summed E-state index contributed by atoms with van der Waals surface area (Å²) in [5.41, 5.74) is 0.735. The lowest BCUT2D eigenvalue weighted by molar-refractivity contribution is -0.146. The van der Waals surface area contributed by atoms with E-state index in [0.29, 0.717) is 32.6 Å². The number of nitrogens with zero attached hydrogens (tertiary/aromatic N) is 2. The molecule has 3 rings (SSSR count). The van der Waals surface area contributed by atoms with Crippen LogP contribution in [0.4, 0.5) is 4.39 Å². The molecule has 0 radical (unpaired) electrons. The van der Waals surface area contributed by atoms with Crippen LogP contribution in [0.5, 0.6) is 0 Å². The predicted octanol–water partition coefficient (Wildman–Crippen LogP) is 0.141. The highest BCUT2D eigenvalue weighted by Crippen LogP contribution is 2.14. The van der Waals surface area contributed by atoms with Crippen molar-refractivity contribution in [3.8, 4) is 0 Å². The van der Waals surface area contributed by atoms with Gasteiger partial charge < -0.3 is 20.2 Å². The van der Waals surface area contributed by atoms with Crippen molar-refractivity contribution in [2.45, 2.75) is 25.1 Å². The summed E-state index contributed by atoms with van der Waals surface area (Å²) in [6, 6.07) is 5.76. The van der Waals surface area contributed by atoms with E-state index < -0.39 is 12.1 Å². The van der Waals surface area contributed by atoms with Gasteiger partial charge >= 0.3 is 0 Å². The molecule has 0 saturated carbocycles. The lowest BCUT2D eigenvalue weighted by Gasteiger charge is -2.35. The number of rotatable bonds is 3. The summed E-state index contributed by atoms with van der Waals surface area (Å²) >= 11 is 0. The van der Waals surface area contributed by atoms with Crippen LogP contribution in [0.1, 0.15) is 12.0 Å².